The number of hydrogen-bond donors (Lipinski definition) is 0. The molecule has 3 heteroatoms. The quantitative estimate of drug-likeness (QED) is 0.732. The van der Waals surface area contributed by atoms with Crippen LogP contribution in [0.25, 0.3) is 0 Å². The molecule has 2 rings (SSSR count). The van der Waals surface area contributed by atoms with Crippen LogP contribution in [0.1, 0.15) is 39.5 Å². The molecule has 0 N–H and O–H groups in total. The van der Waals surface area contributed by atoms with Gasteiger partial charge in [-0.05, 0) is 58.2 Å². The van der Waals surface area contributed by atoms with E-state index in [1.807, 2.05) is 0 Å². The second kappa shape index (κ2) is 6.53. The van der Waals surface area contributed by atoms with Gasteiger partial charge in [-0.25, -0.2) is 4.39 Å². The van der Waals surface area contributed by atoms with E-state index in [0.717, 1.165) is 25.0 Å². The Morgan fingerprint density at radius 2 is 1.89 bits per heavy atom. The van der Waals surface area contributed by atoms with Gasteiger partial charge < -0.3 is 9.80 Å². The number of halogens is 1. The Morgan fingerprint density at radius 1 is 1.21 bits per heavy atom. The summed E-state index contributed by atoms with van der Waals surface area (Å²) in [5, 5.41) is 0. The molecule has 0 aromatic heterocycles. The van der Waals surface area contributed by atoms with Crippen molar-refractivity contribution in [3.05, 3.63) is 0 Å². The van der Waals surface area contributed by atoms with E-state index in [0.29, 0.717) is 12.5 Å². The predicted molar refractivity (Wildman–Crippen MR) is 79.1 cm³/mol. The number of likely N-dealkylation sites (tertiary alicyclic amines) is 1. The maximum absolute atomic E-state index is 13.8. The van der Waals surface area contributed by atoms with Crippen LogP contribution in [0.15, 0.2) is 0 Å². The highest BCUT2D eigenvalue weighted by atomic mass is 19.1. The van der Waals surface area contributed by atoms with Crippen molar-refractivity contribution in [1.82, 2.24) is 9.80 Å². The normalized spacial score (nSPS) is 36.2. The highest BCUT2D eigenvalue weighted by Gasteiger charge is 2.35. The fourth-order valence-corrected chi connectivity index (χ4v) is 3.64. The molecule has 1 saturated heterocycles. The molecule has 0 aromatic rings. The minimum atomic E-state index is -0.596. The molecule has 0 radical (unpaired) electrons. The summed E-state index contributed by atoms with van der Waals surface area (Å²) in [6, 6.07) is 0.817. The van der Waals surface area contributed by atoms with E-state index in [-0.39, 0.29) is 5.92 Å². The Morgan fingerprint density at radius 3 is 2.42 bits per heavy atom. The third kappa shape index (κ3) is 3.91. The van der Waals surface area contributed by atoms with Crippen LogP contribution in [0.3, 0.4) is 0 Å². The fraction of sp³-hybridized carbons (Fsp3) is 1.00. The van der Waals surface area contributed by atoms with Crippen LogP contribution < -0.4 is 0 Å². The van der Waals surface area contributed by atoms with Crippen molar-refractivity contribution < 1.29 is 4.39 Å². The lowest BCUT2D eigenvalue weighted by Crippen LogP contribution is -2.40. The molecule has 2 nitrogen and oxygen atoms in total. The molecule has 112 valence electrons. The summed E-state index contributed by atoms with van der Waals surface area (Å²) in [6.45, 7) is 7.05. The third-order valence-corrected chi connectivity index (χ3v) is 5.25. The highest BCUT2D eigenvalue weighted by molar-refractivity contribution is 4.87. The molecule has 1 aliphatic carbocycles. The minimum Gasteiger partial charge on any atom is -0.306 e. The molecule has 0 aromatic carbocycles. The first-order chi connectivity index (χ1) is 8.97. The summed E-state index contributed by atoms with van der Waals surface area (Å²) in [5.74, 6) is 1.67. The Labute approximate surface area is 118 Å². The van der Waals surface area contributed by atoms with Gasteiger partial charge in [0.15, 0.2) is 0 Å². The maximum Gasteiger partial charge on any atom is 0.117 e. The topological polar surface area (TPSA) is 6.48 Å². The van der Waals surface area contributed by atoms with E-state index in [1.165, 1.54) is 25.7 Å². The van der Waals surface area contributed by atoms with Crippen molar-refractivity contribution in [2.75, 3.05) is 33.7 Å². The van der Waals surface area contributed by atoms with Gasteiger partial charge in [0.05, 0.1) is 0 Å². The Kier molecular flexibility index (Phi) is 5.24. The molecule has 1 heterocycles. The smallest absolute Gasteiger partial charge is 0.117 e. The second-order valence-corrected chi connectivity index (χ2v) is 7.28. The first-order valence-electron chi connectivity index (χ1n) is 8.00. The van der Waals surface area contributed by atoms with E-state index in [9.17, 15) is 4.39 Å². The van der Waals surface area contributed by atoms with Crippen LogP contribution in [0.5, 0.6) is 0 Å². The number of alkyl halides is 1. The molecule has 1 aliphatic heterocycles. The van der Waals surface area contributed by atoms with Gasteiger partial charge in [-0.3, -0.25) is 0 Å². The summed E-state index contributed by atoms with van der Waals surface area (Å²) in [6.07, 6.45) is 4.73. The number of hydrogen-bond acceptors (Lipinski definition) is 2. The van der Waals surface area contributed by atoms with Crippen LogP contribution in [-0.4, -0.2) is 55.7 Å². The van der Waals surface area contributed by atoms with Crippen molar-refractivity contribution in [2.24, 2.45) is 17.8 Å². The van der Waals surface area contributed by atoms with Gasteiger partial charge in [-0.1, -0.05) is 13.8 Å². The van der Waals surface area contributed by atoms with Gasteiger partial charge in [0.25, 0.3) is 0 Å². The lowest BCUT2D eigenvalue weighted by atomic mass is 9.77. The summed E-state index contributed by atoms with van der Waals surface area (Å²) in [7, 11) is 4.36. The first kappa shape index (κ1) is 15.2. The molecule has 19 heavy (non-hydrogen) atoms. The lowest BCUT2D eigenvalue weighted by Gasteiger charge is -2.40. The van der Waals surface area contributed by atoms with Gasteiger partial charge in [-0.15, -0.1) is 0 Å². The lowest BCUT2D eigenvalue weighted by molar-refractivity contribution is 0.113. The Balaban J connectivity index is 1.58. The van der Waals surface area contributed by atoms with Crippen LogP contribution in [0.4, 0.5) is 4.39 Å². The largest absolute Gasteiger partial charge is 0.306 e. The molecule has 0 unspecified atom stereocenters. The SMILES string of the molecule is CC(C)[C@@H]1CN(CCC[C@H]2C[C@H](N(C)C)C2)C[C@@H]1F. The average molecular weight is 270 g/mol. The summed E-state index contributed by atoms with van der Waals surface area (Å²) in [4.78, 5) is 4.69. The van der Waals surface area contributed by atoms with Gasteiger partial charge in [0.1, 0.15) is 6.17 Å². The van der Waals surface area contributed by atoms with E-state index in [1.54, 1.807) is 0 Å². The van der Waals surface area contributed by atoms with E-state index in [4.69, 9.17) is 0 Å². The number of rotatable bonds is 6. The van der Waals surface area contributed by atoms with Crippen LogP contribution in [-0.2, 0) is 0 Å². The van der Waals surface area contributed by atoms with Gasteiger partial charge in [-0.2, -0.15) is 0 Å². The maximum atomic E-state index is 13.8. The van der Waals surface area contributed by atoms with Gasteiger partial charge >= 0.3 is 0 Å². The van der Waals surface area contributed by atoms with E-state index < -0.39 is 6.17 Å². The summed E-state index contributed by atoms with van der Waals surface area (Å²) in [5.41, 5.74) is 0. The zero-order chi connectivity index (χ0) is 14.0. The summed E-state index contributed by atoms with van der Waals surface area (Å²) < 4.78 is 13.8. The van der Waals surface area contributed by atoms with Crippen molar-refractivity contribution >= 4 is 0 Å². The predicted octanol–water partition coefficient (Wildman–Crippen LogP) is 3.03. The second-order valence-electron chi connectivity index (χ2n) is 7.28. The monoisotopic (exact) mass is 270 g/mol. The van der Waals surface area contributed by atoms with Crippen molar-refractivity contribution in [3.63, 3.8) is 0 Å². The molecule has 2 aliphatic rings. The minimum absolute atomic E-state index is 0.266. The molecule has 0 spiro atoms. The van der Waals surface area contributed by atoms with Crippen LogP contribution in [0, 0.1) is 17.8 Å². The number of nitrogens with zero attached hydrogens (tertiary/aromatic N) is 2. The van der Waals surface area contributed by atoms with Crippen molar-refractivity contribution in [1.29, 1.82) is 0 Å². The molecule has 0 bridgehead atoms. The van der Waals surface area contributed by atoms with Gasteiger partial charge in [0.2, 0.25) is 0 Å². The molecular weight excluding hydrogens is 239 g/mol. The Hall–Kier alpha value is -0.150. The Bertz CT molecular complexity index is 274. The third-order valence-electron chi connectivity index (χ3n) is 5.25. The molecule has 0 amide bonds. The fourth-order valence-electron chi connectivity index (χ4n) is 3.64. The first-order valence-corrected chi connectivity index (χ1v) is 8.00. The molecule has 2 fully saturated rings. The zero-order valence-corrected chi connectivity index (χ0v) is 13.1. The molecule has 1 saturated carbocycles. The van der Waals surface area contributed by atoms with Crippen LogP contribution in [0.2, 0.25) is 0 Å². The van der Waals surface area contributed by atoms with Gasteiger partial charge in [0, 0.05) is 25.0 Å². The molecular formula is C16H31FN2. The van der Waals surface area contributed by atoms with Crippen molar-refractivity contribution in [3.8, 4) is 0 Å². The zero-order valence-electron chi connectivity index (χ0n) is 13.1. The highest BCUT2D eigenvalue weighted by Crippen LogP contribution is 2.34. The summed E-state index contributed by atoms with van der Waals surface area (Å²) >= 11 is 0. The average Bonchev–Trinajstić information content (AvgIpc) is 2.62. The van der Waals surface area contributed by atoms with Crippen molar-refractivity contribution in [2.45, 2.75) is 51.7 Å². The van der Waals surface area contributed by atoms with E-state index in [2.05, 4.69) is 37.7 Å². The standard InChI is InChI=1S/C16H31FN2/c1-12(2)15-10-19(11-16(15)17)7-5-6-13-8-14(9-13)18(3)4/h12-16H,5-11H2,1-4H3/t13-,14-,15-,16-/m0/s1. The molecule has 2 atom stereocenters. The van der Waals surface area contributed by atoms with E-state index >= 15 is 0 Å². The van der Waals surface area contributed by atoms with Crippen LogP contribution >= 0.6 is 0 Å².